The third-order valence-corrected chi connectivity index (χ3v) is 12.9. The van der Waals surface area contributed by atoms with Crippen LogP contribution in [0.3, 0.4) is 0 Å². The molecule has 2 aromatic heterocycles. The highest BCUT2D eigenvalue weighted by atomic mass is 15.0. The predicted octanol–water partition coefficient (Wildman–Crippen LogP) is 15.2. The van der Waals surface area contributed by atoms with Gasteiger partial charge in [-0.3, -0.25) is 0 Å². The fourth-order valence-corrected chi connectivity index (χ4v) is 10.0. The predicted molar refractivity (Wildman–Crippen MR) is 249 cm³/mol. The molecule has 0 N–H and O–H groups in total. The number of fused-ring (bicyclic) bond motifs is 9. The third-order valence-electron chi connectivity index (χ3n) is 12.9. The SMILES string of the molecule is CC1(C)c2ccccc2-c2ccc(-c3cc(-c4ccc5c6ccccc6n(-c6ccccc6)c5c4)cc(-n4c5ccccc5c5cc(-c6ccccc6)ccc54)c3)cc21. The maximum Gasteiger partial charge on any atom is 0.0547 e. The lowest BCUT2D eigenvalue weighted by molar-refractivity contribution is 0.660. The van der Waals surface area contributed by atoms with Gasteiger partial charge in [0.15, 0.2) is 0 Å². The number of nitrogens with zero attached hydrogens (tertiary/aromatic N) is 2. The molecule has 1 aliphatic carbocycles. The Morgan fingerprint density at radius 2 is 0.814 bits per heavy atom. The first-order valence-electron chi connectivity index (χ1n) is 20.6. The van der Waals surface area contributed by atoms with Crippen LogP contribution in [0.25, 0.3) is 99.5 Å². The molecule has 12 rings (SSSR count). The van der Waals surface area contributed by atoms with Crippen molar-refractivity contribution in [1.82, 2.24) is 9.13 Å². The molecule has 2 nitrogen and oxygen atoms in total. The number of benzene rings is 9. The van der Waals surface area contributed by atoms with Crippen LogP contribution < -0.4 is 0 Å². The molecule has 0 saturated carbocycles. The quantitative estimate of drug-likeness (QED) is 0.166. The van der Waals surface area contributed by atoms with Gasteiger partial charge in [0.05, 0.1) is 22.1 Å². The van der Waals surface area contributed by atoms with E-state index in [1.165, 1.54) is 99.2 Å². The highest BCUT2D eigenvalue weighted by molar-refractivity contribution is 6.12. The number of para-hydroxylation sites is 3. The first-order valence-corrected chi connectivity index (χ1v) is 20.6. The molecule has 0 amide bonds. The van der Waals surface area contributed by atoms with Crippen LogP contribution >= 0.6 is 0 Å². The molecular formula is C57H40N2. The maximum absolute atomic E-state index is 2.47. The highest BCUT2D eigenvalue weighted by Gasteiger charge is 2.35. The van der Waals surface area contributed by atoms with E-state index >= 15 is 0 Å². The first-order chi connectivity index (χ1) is 29.0. The van der Waals surface area contributed by atoms with Crippen molar-refractivity contribution in [2.45, 2.75) is 19.3 Å². The molecule has 0 atom stereocenters. The van der Waals surface area contributed by atoms with Gasteiger partial charge >= 0.3 is 0 Å². The zero-order valence-electron chi connectivity index (χ0n) is 33.0. The molecule has 2 heterocycles. The van der Waals surface area contributed by atoms with E-state index in [2.05, 4.69) is 229 Å². The summed E-state index contributed by atoms with van der Waals surface area (Å²) >= 11 is 0. The fourth-order valence-electron chi connectivity index (χ4n) is 10.0. The molecular weight excluding hydrogens is 713 g/mol. The molecule has 0 spiro atoms. The molecule has 0 saturated heterocycles. The zero-order valence-corrected chi connectivity index (χ0v) is 33.0. The molecule has 0 unspecified atom stereocenters. The van der Waals surface area contributed by atoms with Gasteiger partial charge in [0, 0.05) is 38.3 Å². The summed E-state index contributed by atoms with van der Waals surface area (Å²) in [5.41, 5.74) is 19.7. The van der Waals surface area contributed by atoms with E-state index in [4.69, 9.17) is 0 Å². The second-order valence-electron chi connectivity index (χ2n) is 16.6. The van der Waals surface area contributed by atoms with Gasteiger partial charge in [0.1, 0.15) is 0 Å². The summed E-state index contributed by atoms with van der Waals surface area (Å²) in [7, 11) is 0. The van der Waals surface area contributed by atoms with Gasteiger partial charge in [-0.05, 0) is 122 Å². The number of hydrogen-bond donors (Lipinski definition) is 0. The van der Waals surface area contributed by atoms with E-state index in [1.807, 2.05) is 0 Å². The Bertz CT molecular complexity index is 3450. The van der Waals surface area contributed by atoms with E-state index in [9.17, 15) is 0 Å². The van der Waals surface area contributed by atoms with Crippen LogP contribution in [0.5, 0.6) is 0 Å². The summed E-state index contributed by atoms with van der Waals surface area (Å²) in [6.07, 6.45) is 0. The molecule has 0 fully saturated rings. The summed E-state index contributed by atoms with van der Waals surface area (Å²) in [6, 6.07) is 76.3. The van der Waals surface area contributed by atoms with Crippen molar-refractivity contribution < 1.29 is 0 Å². The summed E-state index contributed by atoms with van der Waals surface area (Å²) in [5, 5.41) is 5.01. The molecule has 59 heavy (non-hydrogen) atoms. The normalized spacial score (nSPS) is 13.1. The van der Waals surface area contributed by atoms with Crippen molar-refractivity contribution in [2.24, 2.45) is 0 Å². The lowest BCUT2D eigenvalue weighted by atomic mass is 9.81. The lowest BCUT2D eigenvalue weighted by Gasteiger charge is -2.22. The molecule has 2 heteroatoms. The van der Waals surface area contributed by atoms with Crippen LogP contribution in [0.1, 0.15) is 25.0 Å². The lowest BCUT2D eigenvalue weighted by Crippen LogP contribution is -2.14. The third kappa shape index (κ3) is 5.13. The molecule has 278 valence electrons. The molecule has 0 radical (unpaired) electrons. The van der Waals surface area contributed by atoms with Gasteiger partial charge in [0.2, 0.25) is 0 Å². The summed E-state index contributed by atoms with van der Waals surface area (Å²) < 4.78 is 4.88. The van der Waals surface area contributed by atoms with Gasteiger partial charge in [-0.1, -0.05) is 153 Å². The Hall–Kier alpha value is -7.42. The summed E-state index contributed by atoms with van der Waals surface area (Å²) in [6.45, 7) is 4.73. The Morgan fingerprint density at radius 3 is 1.58 bits per heavy atom. The number of rotatable bonds is 5. The zero-order chi connectivity index (χ0) is 39.2. The average molecular weight is 753 g/mol. The van der Waals surface area contributed by atoms with Crippen LogP contribution in [0.2, 0.25) is 0 Å². The molecule has 0 bridgehead atoms. The Labute approximate surface area is 343 Å². The monoisotopic (exact) mass is 752 g/mol. The van der Waals surface area contributed by atoms with Crippen molar-refractivity contribution in [3.63, 3.8) is 0 Å². The van der Waals surface area contributed by atoms with E-state index in [-0.39, 0.29) is 5.41 Å². The van der Waals surface area contributed by atoms with E-state index in [0.29, 0.717) is 0 Å². The van der Waals surface area contributed by atoms with Crippen molar-refractivity contribution in [1.29, 1.82) is 0 Å². The van der Waals surface area contributed by atoms with E-state index in [0.717, 1.165) is 11.4 Å². The van der Waals surface area contributed by atoms with Gasteiger partial charge in [-0.15, -0.1) is 0 Å². The smallest absolute Gasteiger partial charge is 0.0547 e. The van der Waals surface area contributed by atoms with Crippen LogP contribution in [0.15, 0.2) is 206 Å². The van der Waals surface area contributed by atoms with Crippen LogP contribution in [0.4, 0.5) is 0 Å². The summed E-state index contributed by atoms with van der Waals surface area (Å²) in [4.78, 5) is 0. The second kappa shape index (κ2) is 12.8. The Balaban J connectivity index is 1.11. The van der Waals surface area contributed by atoms with Crippen LogP contribution in [0, 0.1) is 0 Å². The Kier molecular flexibility index (Phi) is 7.31. The Morgan fingerprint density at radius 1 is 0.288 bits per heavy atom. The van der Waals surface area contributed by atoms with E-state index < -0.39 is 0 Å². The van der Waals surface area contributed by atoms with Crippen molar-refractivity contribution in [3.05, 3.63) is 217 Å². The van der Waals surface area contributed by atoms with E-state index in [1.54, 1.807) is 0 Å². The molecule has 9 aromatic carbocycles. The van der Waals surface area contributed by atoms with Crippen LogP contribution in [-0.2, 0) is 5.41 Å². The van der Waals surface area contributed by atoms with Crippen LogP contribution in [-0.4, -0.2) is 9.13 Å². The highest BCUT2D eigenvalue weighted by Crippen LogP contribution is 2.50. The minimum absolute atomic E-state index is 0.0957. The van der Waals surface area contributed by atoms with Gasteiger partial charge in [-0.2, -0.15) is 0 Å². The second-order valence-corrected chi connectivity index (χ2v) is 16.6. The molecule has 1 aliphatic rings. The van der Waals surface area contributed by atoms with Gasteiger partial charge < -0.3 is 9.13 Å². The van der Waals surface area contributed by atoms with Gasteiger partial charge in [-0.25, -0.2) is 0 Å². The maximum atomic E-state index is 2.47. The van der Waals surface area contributed by atoms with Gasteiger partial charge in [0.25, 0.3) is 0 Å². The summed E-state index contributed by atoms with van der Waals surface area (Å²) in [5.74, 6) is 0. The minimum atomic E-state index is -0.0957. The topological polar surface area (TPSA) is 9.86 Å². The first kappa shape index (κ1) is 33.7. The standard InChI is InChI=1S/C57H40N2/c1-57(2)51-22-12-9-19-45(51)46-28-25-39(35-52(46)57)41-31-42(40-26-29-49-47-20-10-13-23-53(47)58(56(49)36-40)43-17-7-4-8-18-43)33-44(32-41)59-54-24-14-11-21-48(54)50-34-38(27-30-55(50)59)37-15-5-3-6-16-37/h3-36H,1-2H3. The largest absolute Gasteiger partial charge is 0.309 e. The molecule has 11 aromatic rings. The number of hydrogen-bond acceptors (Lipinski definition) is 0. The number of aromatic nitrogens is 2. The average Bonchev–Trinajstić information content (AvgIpc) is 3.89. The van der Waals surface area contributed by atoms with Crippen molar-refractivity contribution in [3.8, 4) is 55.9 Å². The fraction of sp³-hybridized carbons (Fsp3) is 0.0526. The van der Waals surface area contributed by atoms with Crippen molar-refractivity contribution in [2.75, 3.05) is 0 Å². The minimum Gasteiger partial charge on any atom is -0.309 e. The van der Waals surface area contributed by atoms with Crippen molar-refractivity contribution >= 4 is 43.6 Å². The molecule has 0 aliphatic heterocycles.